The first-order valence-corrected chi connectivity index (χ1v) is 34.2. The Morgan fingerprint density at radius 2 is 0.450 bits per heavy atom. The smallest absolute Gasteiger partial charge is 0.306 e. The summed E-state index contributed by atoms with van der Waals surface area (Å²) in [6.07, 6.45) is 91.3. The summed E-state index contributed by atoms with van der Waals surface area (Å²) in [7, 11) is 0. The Hall–Kier alpha value is -3.67. The lowest BCUT2D eigenvalue weighted by molar-refractivity contribution is -0.167. The fourth-order valence-corrected chi connectivity index (χ4v) is 9.61. The standard InChI is InChI=1S/C74H128O6/c1-4-7-10-13-16-19-22-25-28-31-33-35-36-37-38-40-41-43-46-49-52-55-58-61-64-67-73(76)79-70-71(69-78-72(75)66-63-60-57-54-51-48-45-30-27-24-21-18-15-12-9-6-3)80-74(77)68-65-62-59-56-53-50-47-44-42-39-34-32-29-26-23-20-17-14-11-8-5-2/h21-26,30-34,36-37,42,44-45,71H,4-20,27-29,35,38-41,43,46-70H2,1-3H3/b24-21-,25-22-,26-23-,33-31-,34-32-,37-36-,44-42-,45-30-. The zero-order chi connectivity index (χ0) is 57.8. The van der Waals surface area contributed by atoms with Crippen molar-refractivity contribution in [2.45, 2.75) is 341 Å². The van der Waals surface area contributed by atoms with Crippen LogP contribution in [0.3, 0.4) is 0 Å². The van der Waals surface area contributed by atoms with E-state index in [4.69, 9.17) is 14.2 Å². The topological polar surface area (TPSA) is 78.9 Å². The summed E-state index contributed by atoms with van der Waals surface area (Å²) in [6.45, 7) is 6.61. The predicted molar refractivity (Wildman–Crippen MR) is 348 cm³/mol. The third-order valence-corrected chi connectivity index (χ3v) is 14.8. The second kappa shape index (κ2) is 67.8. The second-order valence-corrected chi connectivity index (χ2v) is 22.7. The molecule has 0 saturated carbocycles. The van der Waals surface area contributed by atoms with E-state index in [1.807, 2.05) is 0 Å². The van der Waals surface area contributed by atoms with E-state index in [0.29, 0.717) is 19.3 Å². The van der Waals surface area contributed by atoms with Gasteiger partial charge in [0.15, 0.2) is 6.10 Å². The Kier molecular flexibility index (Phi) is 64.7. The predicted octanol–water partition coefficient (Wildman–Crippen LogP) is 23.6. The van der Waals surface area contributed by atoms with E-state index < -0.39 is 6.10 Å². The van der Waals surface area contributed by atoms with E-state index in [1.54, 1.807) is 0 Å². The lowest BCUT2D eigenvalue weighted by atomic mass is 10.1. The average Bonchev–Trinajstić information content (AvgIpc) is 3.46. The number of hydrogen-bond acceptors (Lipinski definition) is 6. The molecule has 0 radical (unpaired) electrons. The Balaban J connectivity index is 4.40. The number of carbonyl (C=O) groups is 3. The number of esters is 3. The summed E-state index contributed by atoms with van der Waals surface area (Å²) in [4.78, 5) is 38.4. The maximum absolute atomic E-state index is 12.9. The Bertz CT molecular complexity index is 1560. The molecule has 0 aliphatic carbocycles. The highest BCUT2D eigenvalue weighted by atomic mass is 16.6. The van der Waals surface area contributed by atoms with E-state index in [1.165, 1.54) is 173 Å². The molecule has 1 unspecified atom stereocenters. The van der Waals surface area contributed by atoms with E-state index in [9.17, 15) is 14.4 Å². The molecule has 0 aliphatic heterocycles. The van der Waals surface area contributed by atoms with E-state index in [0.717, 1.165) is 122 Å². The molecule has 6 heteroatoms. The highest BCUT2D eigenvalue weighted by Gasteiger charge is 2.19. The SMILES string of the molecule is CCCCCC/C=C\C/C=C\CCCCCCCC(=O)OCC(COC(=O)CCCCCCCCCCCC/C=C\C/C=C\C/C=C\CCCCCCC)OC(=O)CCCCCCCC/C=C\C/C=C\C/C=C\CCCCCCC. The van der Waals surface area contributed by atoms with Crippen molar-refractivity contribution in [3.05, 3.63) is 97.2 Å². The summed E-state index contributed by atoms with van der Waals surface area (Å²) in [5.41, 5.74) is 0. The van der Waals surface area contributed by atoms with E-state index >= 15 is 0 Å². The van der Waals surface area contributed by atoms with Crippen molar-refractivity contribution in [3.8, 4) is 0 Å². The van der Waals surface area contributed by atoms with Gasteiger partial charge in [-0.2, -0.15) is 0 Å². The first-order chi connectivity index (χ1) is 39.5. The maximum Gasteiger partial charge on any atom is 0.306 e. The van der Waals surface area contributed by atoms with Gasteiger partial charge in [-0.05, 0) is 128 Å². The van der Waals surface area contributed by atoms with Gasteiger partial charge in [0.25, 0.3) is 0 Å². The first kappa shape index (κ1) is 76.3. The molecule has 0 N–H and O–H groups in total. The lowest BCUT2D eigenvalue weighted by Gasteiger charge is -2.18. The number of carbonyl (C=O) groups excluding carboxylic acids is 3. The third-order valence-electron chi connectivity index (χ3n) is 14.8. The summed E-state index contributed by atoms with van der Waals surface area (Å²) in [5, 5.41) is 0. The van der Waals surface area contributed by atoms with Crippen LogP contribution in [0, 0.1) is 0 Å². The van der Waals surface area contributed by atoms with Crippen LogP contribution in [0.2, 0.25) is 0 Å². The molecule has 0 saturated heterocycles. The van der Waals surface area contributed by atoms with Crippen molar-refractivity contribution in [1.29, 1.82) is 0 Å². The van der Waals surface area contributed by atoms with Gasteiger partial charge in [-0.25, -0.2) is 0 Å². The fourth-order valence-electron chi connectivity index (χ4n) is 9.61. The van der Waals surface area contributed by atoms with Gasteiger partial charge in [0.1, 0.15) is 13.2 Å². The van der Waals surface area contributed by atoms with Gasteiger partial charge in [-0.3, -0.25) is 14.4 Å². The van der Waals surface area contributed by atoms with Crippen LogP contribution in [0.1, 0.15) is 335 Å². The summed E-state index contributed by atoms with van der Waals surface area (Å²) in [6, 6.07) is 0. The molecule has 0 aliphatic rings. The third kappa shape index (κ3) is 65.1. The number of unbranched alkanes of at least 4 members (excludes halogenated alkanes) is 35. The average molecular weight is 1110 g/mol. The molecule has 0 bridgehead atoms. The first-order valence-electron chi connectivity index (χ1n) is 34.2. The molecular formula is C74H128O6. The number of rotatable bonds is 62. The Morgan fingerprint density at radius 1 is 0.250 bits per heavy atom. The largest absolute Gasteiger partial charge is 0.462 e. The van der Waals surface area contributed by atoms with Gasteiger partial charge in [-0.15, -0.1) is 0 Å². The monoisotopic (exact) mass is 1110 g/mol. The molecule has 460 valence electrons. The Morgan fingerprint density at radius 3 is 0.713 bits per heavy atom. The highest BCUT2D eigenvalue weighted by Crippen LogP contribution is 2.16. The fraction of sp³-hybridized carbons (Fsp3) is 0.743. The quantitative estimate of drug-likeness (QED) is 0.0261. The molecule has 0 amide bonds. The molecule has 0 rings (SSSR count). The molecule has 0 aromatic rings. The molecular weight excluding hydrogens is 985 g/mol. The van der Waals surface area contributed by atoms with Crippen LogP contribution >= 0.6 is 0 Å². The highest BCUT2D eigenvalue weighted by molar-refractivity contribution is 5.71. The maximum atomic E-state index is 12.9. The van der Waals surface area contributed by atoms with Gasteiger partial charge in [-0.1, -0.05) is 285 Å². The van der Waals surface area contributed by atoms with Crippen molar-refractivity contribution in [3.63, 3.8) is 0 Å². The van der Waals surface area contributed by atoms with Crippen LogP contribution in [-0.4, -0.2) is 37.2 Å². The van der Waals surface area contributed by atoms with Crippen molar-refractivity contribution in [2.24, 2.45) is 0 Å². The normalized spacial score (nSPS) is 12.7. The molecule has 0 fully saturated rings. The van der Waals surface area contributed by atoms with Gasteiger partial charge in [0.05, 0.1) is 0 Å². The minimum absolute atomic E-state index is 0.0892. The zero-order valence-electron chi connectivity index (χ0n) is 52.8. The van der Waals surface area contributed by atoms with Gasteiger partial charge >= 0.3 is 17.9 Å². The molecule has 0 aromatic heterocycles. The summed E-state index contributed by atoms with van der Waals surface area (Å²) < 4.78 is 17.0. The lowest BCUT2D eigenvalue weighted by Crippen LogP contribution is -2.30. The van der Waals surface area contributed by atoms with Crippen LogP contribution in [0.4, 0.5) is 0 Å². The molecule has 6 nitrogen and oxygen atoms in total. The van der Waals surface area contributed by atoms with Crippen molar-refractivity contribution >= 4 is 17.9 Å². The summed E-state index contributed by atoms with van der Waals surface area (Å²) in [5.74, 6) is -0.907. The van der Waals surface area contributed by atoms with Crippen LogP contribution in [0.25, 0.3) is 0 Å². The van der Waals surface area contributed by atoms with Gasteiger partial charge < -0.3 is 14.2 Å². The Labute approximate surface area is 496 Å². The molecule has 0 aromatic carbocycles. The molecule has 0 heterocycles. The number of ether oxygens (including phenoxy) is 3. The van der Waals surface area contributed by atoms with Gasteiger partial charge in [0.2, 0.25) is 0 Å². The van der Waals surface area contributed by atoms with Crippen LogP contribution in [0.5, 0.6) is 0 Å². The van der Waals surface area contributed by atoms with Gasteiger partial charge in [0, 0.05) is 19.3 Å². The minimum atomic E-state index is -0.795. The minimum Gasteiger partial charge on any atom is -0.462 e. The molecule has 1 atom stereocenters. The molecule has 80 heavy (non-hydrogen) atoms. The number of hydrogen-bond donors (Lipinski definition) is 0. The van der Waals surface area contributed by atoms with E-state index in [-0.39, 0.29) is 31.1 Å². The van der Waals surface area contributed by atoms with E-state index in [2.05, 4.69) is 118 Å². The summed E-state index contributed by atoms with van der Waals surface area (Å²) >= 11 is 0. The second-order valence-electron chi connectivity index (χ2n) is 22.7. The van der Waals surface area contributed by atoms with Crippen LogP contribution < -0.4 is 0 Å². The molecule has 0 spiro atoms. The van der Waals surface area contributed by atoms with Crippen molar-refractivity contribution in [1.82, 2.24) is 0 Å². The number of allylic oxidation sites excluding steroid dienone is 16. The van der Waals surface area contributed by atoms with Crippen LogP contribution in [0.15, 0.2) is 97.2 Å². The van der Waals surface area contributed by atoms with Crippen LogP contribution in [-0.2, 0) is 28.6 Å². The zero-order valence-corrected chi connectivity index (χ0v) is 52.8. The van der Waals surface area contributed by atoms with Crippen molar-refractivity contribution < 1.29 is 28.6 Å². The van der Waals surface area contributed by atoms with Crippen molar-refractivity contribution in [2.75, 3.05) is 13.2 Å².